The molecule has 1 unspecified atom stereocenters. The van der Waals surface area contributed by atoms with Crippen LogP contribution in [0.3, 0.4) is 0 Å². The second-order valence-corrected chi connectivity index (χ2v) is 1.84. The average molecular weight is 161 g/mol. The van der Waals surface area contributed by atoms with E-state index in [0.717, 1.165) is 0 Å². The summed E-state index contributed by atoms with van der Waals surface area (Å²) in [5.74, 6) is -3.75. The number of alkyl halides is 4. The van der Waals surface area contributed by atoms with Crippen molar-refractivity contribution in [3.8, 4) is 0 Å². The topological polar surface area (TPSA) is 0 Å². The van der Waals surface area contributed by atoms with E-state index in [1.54, 1.807) is 0 Å². The second kappa shape index (κ2) is 3.73. The summed E-state index contributed by atoms with van der Waals surface area (Å²) in [6.07, 6.45) is -3.81. The van der Waals surface area contributed by atoms with Crippen molar-refractivity contribution in [3.05, 3.63) is 6.67 Å². The van der Waals surface area contributed by atoms with Crippen LogP contribution in [0.1, 0.15) is 6.42 Å². The van der Waals surface area contributed by atoms with Crippen LogP contribution >= 0.6 is 0 Å². The summed E-state index contributed by atoms with van der Waals surface area (Å²) < 4.78 is 57.6. The highest BCUT2D eigenvalue weighted by atomic mass is 19.3. The van der Waals surface area contributed by atoms with E-state index in [9.17, 15) is 22.0 Å². The van der Waals surface area contributed by atoms with Gasteiger partial charge in [0, 0.05) is 6.42 Å². The van der Waals surface area contributed by atoms with E-state index < -0.39 is 31.9 Å². The Kier molecular flexibility index (Phi) is 3.60. The fourth-order valence-corrected chi connectivity index (χ4v) is 0.384. The van der Waals surface area contributed by atoms with Gasteiger partial charge in [0.25, 0.3) is 5.92 Å². The Labute approximate surface area is 55.0 Å². The molecule has 0 aromatic carbocycles. The van der Waals surface area contributed by atoms with Gasteiger partial charge >= 0.3 is 0 Å². The van der Waals surface area contributed by atoms with Crippen LogP contribution in [0.15, 0.2) is 0 Å². The molecule has 0 amide bonds. The van der Waals surface area contributed by atoms with Crippen LogP contribution in [-0.2, 0) is 0 Å². The summed E-state index contributed by atoms with van der Waals surface area (Å²) in [6, 6.07) is 0. The third-order valence-corrected chi connectivity index (χ3v) is 0.826. The second-order valence-electron chi connectivity index (χ2n) is 1.84. The Morgan fingerprint density at radius 3 is 2.20 bits per heavy atom. The molecule has 0 heterocycles. The Morgan fingerprint density at radius 2 is 1.90 bits per heavy atom. The minimum Gasteiger partial charge on any atom is -0.244 e. The van der Waals surface area contributed by atoms with E-state index in [1.807, 2.05) is 0 Å². The van der Waals surface area contributed by atoms with Crippen LogP contribution in [0.4, 0.5) is 22.0 Å². The van der Waals surface area contributed by atoms with Crippen LogP contribution in [0.5, 0.6) is 0 Å². The maximum atomic E-state index is 11.8. The van der Waals surface area contributed by atoms with E-state index in [1.165, 1.54) is 0 Å². The van der Waals surface area contributed by atoms with Crippen LogP contribution in [-0.4, -0.2) is 18.8 Å². The summed E-state index contributed by atoms with van der Waals surface area (Å²) in [7, 11) is 0. The van der Waals surface area contributed by atoms with E-state index in [-0.39, 0.29) is 0 Å². The van der Waals surface area contributed by atoms with Crippen molar-refractivity contribution in [1.82, 2.24) is 0 Å². The largest absolute Gasteiger partial charge is 0.278 e. The first-order valence-electron chi connectivity index (χ1n) is 2.53. The quantitative estimate of drug-likeness (QED) is 0.555. The predicted molar refractivity (Wildman–Crippen MR) is 25.8 cm³/mol. The Balaban J connectivity index is 3.64. The minimum absolute atomic E-state index is 0.524. The van der Waals surface area contributed by atoms with Gasteiger partial charge in [0.05, 0.1) is 0 Å². The SMILES string of the molecule is F[CH]C(F)CC(F)(F)CF. The lowest BCUT2D eigenvalue weighted by atomic mass is 10.2. The molecule has 10 heavy (non-hydrogen) atoms. The summed E-state index contributed by atoms with van der Waals surface area (Å²) in [5.41, 5.74) is 0. The number of halogens is 5. The maximum Gasteiger partial charge on any atom is 0.278 e. The number of rotatable bonds is 4. The monoisotopic (exact) mass is 161 g/mol. The van der Waals surface area contributed by atoms with E-state index >= 15 is 0 Å². The third-order valence-electron chi connectivity index (χ3n) is 0.826. The van der Waals surface area contributed by atoms with Crippen molar-refractivity contribution < 1.29 is 22.0 Å². The van der Waals surface area contributed by atoms with Gasteiger partial charge in [-0.1, -0.05) is 0 Å². The van der Waals surface area contributed by atoms with Gasteiger partial charge < -0.3 is 0 Å². The molecule has 5 heteroatoms. The summed E-state index contributed by atoms with van der Waals surface area (Å²) in [5, 5.41) is 0. The van der Waals surface area contributed by atoms with E-state index in [2.05, 4.69) is 0 Å². The fraction of sp³-hybridized carbons (Fsp3) is 0.800. The van der Waals surface area contributed by atoms with Crippen LogP contribution in [0, 0.1) is 6.67 Å². The molecule has 0 nitrogen and oxygen atoms in total. The third kappa shape index (κ3) is 3.63. The molecule has 0 rings (SSSR count). The van der Waals surface area contributed by atoms with Gasteiger partial charge in [-0.25, -0.2) is 22.0 Å². The van der Waals surface area contributed by atoms with Crippen molar-refractivity contribution in [2.75, 3.05) is 6.67 Å². The van der Waals surface area contributed by atoms with Gasteiger partial charge in [-0.05, 0) is 0 Å². The molecule has 0 N–H and O–H groups in total. The lowest BCUT2D eigenvalue weighted by Gasteiger charge is -2.11. The minimum atomic E-state index is -3.75. The molecular formula is C5H6F5. The zero-order chi connectivity index (χ0) is 8.20. The standard InChI is InChI=1S/C5H6F5/c6-2-4(8)1-5(9,10)3-7/h2,4H,1,3H2. The molecule has 0 spiro atoms. The van der Waals surface area contributed by atoms with E-state index in [4.69, 9.17) is 0 Å². The van der Waals surface area contributed by atoms with Crippen LogP contribution in [0.25, 0.3) is 0 Å². The molecule has 1 atom stereocenters. The van der Waals surface area contributed by atoms with Gasteiger partial charge in [0.15, 0.2) is 13.3 Å². The van der Waals surface area contributed by atoms with Crippen molar-refractivity contribution in [2.24, 2.45) is 0 Å². The molecule has 0 fully saturated rings. The molecule has 61 valence electrons. The molecule has 0 aromatic rings. The molecule has 0 aliphatic carbocycles. The first-order valence-corrected chi connectivity index (χ1v) is 2.53. The number of hydrogen-bond acceptors (Lipinski definition) is 0. The lowest BCUT2D eigenvalue weighted by molar-refractivity contribution is -0.0461. The zero-order valence-electron chi connectivity index (χ0n) is 4.96. The molecule has 1 radical (unpaired) electrons. The molecule has 0 saturated heterocycles. The van der Waals surface area contributed by atoms with E-state index in [0.29, 0.717) is 0 Å². The van der Waals surface area contributed by atoms with Gasteiger partial charge in [0.1, 0.15) is 6.17 Å². The molecule has 0 aliphatic rings. The van der Waals surface area contributed by atoms with Gasteiger partial charge in [0.2, 0.25) is 0 Å². The molecular weight excluding hydrogens is 155 g/mol. The fourth-order valence-electron chi connectivity index (χ4n) is 0.384. The molecule has 0 bridgehead atoms. The van der Waals surface area contributed by atoms with Gasteiger partial charge in [-0.3, -0.25) is 0 Å². The highest BCUT2D eigenvalue weighted by Crippen LogP contribution is 2.23. The first-order chi connectivity index (χ1) is 4.52. The van der Waals surface area contributed by atoms with Crippen LogP contribution < -0.4 is 0 Å². The zero-order valence-corrected chi connectivity index (χ0v) is 4.96. The molecule has 0 aromatic heterocycles. The van der Waals surface area contributed by atoms with Crippen molar-refractivity contribution in [1.29, 1.82) is 0 Å². The maximum absolute atomic E-state index is 11.8. The normalized spacial score (nSPS) is 15.3. The van der Waals surface area contributed by atoms with Gasteiger partial charge in [-0.15, -0.1) is 0 Å². The predicted octanol–water partition coefficient (Wildman–Crippen LogP) is 2.45. The Hall–Kier alpha value is -0.350. The summed E-state index contributed by atoms with van der Waals surface area (Å²) in [4.78, 5) is 0. The molecule has 0 aliphatic heterocycles. The van der Waals surface area contributed by atoms with Gasteiger partial charge in [-0.2, -0.15) is 0 Å². The number of hydrogen-bond donors (Lipinski definition) is 0. The lowest BCUT2D eigenvalue weighted by Crippen LogP contribution is -2.23. The van der Waals surface area contributed by atoms with Crippen molar-refractivity contribution >= 4 is 0 Å². The molecule has 0 saturated carbocycles. The average Bonchev–Trinajstić information content (AvgIpc) is 1.87. The highest BCUT2D eigenvalue weighted by molar-refractivity contribution is 4.74. The summed E-state index contributed by atoms with van der Waals surface area (Å²) >= 11 is 0. The summed E-state index contributed by atoms with van der Waals surface area (Å²) in [6.45, 7) is -2.48. The highest BCUT2D eigenvalue weighted by Gasteiger charge is 2.32. The smallest absolute Gasteiger partial charge is 0.244 e. The van der Waals surface area contributed by atoms with Crippen LogP contribution in [0.2, 0.25) is 0 Å². The first kappa shape index (κ1) is 9.65. The van der Waals surface area contributed by atoms with Crippen molar-refractivity contribution in [2.45, 2.75) is 18.5 Å². The Morgan fingerprint density at radius 1 is 1.40 bits per heavy atom. The Bertz CT molecular complexity index is 92.0. The van der Waals surface area contributed by atoms with Crippen molar-refractivity contribution in [3.63, 3.8) is 0 Å².